The number of amides is 1. The summed E-state index contributed by atoms with van der Waals surface area (Å²) in [5, 5.41) is 12.4. The molecule has 0 saturated heterocycles. The molecule has 0 heterocycles. The molecule has 0 aliphatic heterocycles. The van der Waals surface area contributed by atoms with Gasteiger partial charge in [-0.05, 0) is 48.9 Å². The van der Waals surface area contributed by atoms with Gasteiger partial charge in [0, 0.05) is 5.56 Å². The molecule has 0 atom stereocenters. The number of halogens is 1. The second kappa shape index (κ2) is 5.10. The fourth-order valence-corrected chi connectivity index (χ4v) is 1.71. The van der Waals surface area contributed by atoms with E-state index in [1.165, 1.54) is 12.1 Å². The lowest BCUT2D eigenvalue weighted by atomic mass is 10.2. The van der Waals surface area contributed by atoms with E-state index >= 15 is 0 Å². The maximum atomic E-state index is 11.9. The molecule has 0 spiro atoms. The summed E-state index contributed by atoms with van der Waals surface area (Å²) in [6.07, 6.45) is 0. The highest BCUT2D eigenvalue weighted by atomic mass is 35.5. The van der Waals surface area contributed by atoms with Gasteiger partial charge in [-0.15, -0.1) is 0 Å². The van der Waals surface area contributed by atoms with E-state index in [0.717, 1.165) is 5.56 Å². The summed E-state index contributed by atoms with van der Waals surface area (Å²) in [7, 11) is 0. The molecular formula is C14H12ClNO2. The van der Waals surface area contributed by atoms with Gasteiger partial charge in [0.1, 0.15) is 5.75 Å². The Morgan fingerprint density at radius 3 is 2.50 bits per heavy atom. The number of rotatable bonds is 2. The minimum absolute atomic E-state index is 0.125. The van der Waals surface area contributed by atoms with Crippen LogP contribution in [0.4, 0.5) is 5.69 Å². The molecule has 0 radical (unpaired) electrons. The lowest BCUT2D eigenvalue weighted by Crippen LogP contribution is -2.12. The number of benzene rings is 2. The fourth-order valence-electron chi connectivity index (χ4n) is 1.54. The maximum absolute atomic E-state index is 11.9. The Hall–Kier alpha value is -2.00. The summed E-state index contributed by atoms with van der Waals surface area (Å²) in [5.41, 5.74) is 2.06. The highest BCUT2D eigenvalue weighted by Gasteiger charge is 2.08. The smallest absolute Gasteiger partial charge is 0.255 e. The van der Waals surface area contributed by atoms with E-state index in [0.29, 0.717) is 16.3 Å². The van der Waals surface area contributed by atoms with Crippen LogP contribution in [0.25, 0.3) is 0 Å². The Morgan fingerprint density at radius 2 is 1.83 bits per heavy atom. The van der Waals surface area contributed by atoms with E-state index in [4.69, 9.17) is 16.7 Å². The minimum atomic E-state index is -0.262. The second-order valence-electron chi connectivity index (χ2n) is 3.98. The number of aromatic hydroxyl groups is 1. The number of carbonyl (C=O) groups excluding carboxylic acids is 1. The monoisotopic (exact) mass is 261 g/mol. The summed E-state index contributed by atoms with van der Waals surface area (Å²) in [6.45, 7) is 1.92. The molecule has 4 heteroatoms. The standard InChI is InChI=1S/C14H12ClNO2/c1-9-2-7-12(15)13(8-9)16-14(18)10-3-5-11(17)6-4-10/h2-8,17H,1H3,(H,16,18). The van der Waals surface area contributed by atoms with Crippen molar-refractivity contribution < 1.29 is 9.90 Å². The van der Waals surface area contributed by atoms with Gasteiger partial charge in [0.25, 0.3) is 5.91 Å². The quantitative estimate of drug-likeness (QED) is 0.868. The van der Waals surface area contributed by atoms with E-state index in [-0.39, 0.29) is 11.7 Å². The molecule has 0 bridgehead atoms. The van der Waals surface area contributed by atoms with Crippen molar-refractivity contribution in [3.63, 3.8) is 0 Å². The average Bonchev–Trinajstić information content (AvgIpc) is 2.34. The van der Waals surface area contributed by atoms with Crippen molar-refractivity contribution in [3.8, 4) is 5.75 Å². The van der Waals surface area contributed by atoms with Gasteiger partial charge < -0.3 is 10.4 Å². The molecular weight excluding hydrogens is 250 g/mol. The van der Waals surface area contributed by atoms with Crippen molar-refractivity contribution >= 4 is 23.2 Å². The van der Waals surface area contributed by atoms with Gasteiger partial charge >= 0.3 is 0 Å². The molecule has 0 aliphatic rings. The number of carbonyl (C=O) groups is 1. The van der Waals surface area contributed by atoms with Crippen LogP contribution >= 0.6 is 11.6 Å². The number of phenols is 1. The largest absolute Gasteiger partial charge is 0.508 e. The van der Waals surface area contributed by atoms with Crippen LogP contribution in [0.15, 0.2) is 42.5 Å². The summed E-state index contributed by atoms with van der Waals surface area (Å²) in [6, 6.07) is 11.4. The van der Waals surface area contributed by atoms with E-state index < -0.39 is 0 Å². The highest BCUT2D eigenvalue weighted by molar-refractivity contribution is 6.33. The number of anilines is 1. The normalized spacial score (nSPS) is 10.1. The molecule has 18 heavy (non-hydrogen) atoms. The Morgan fingerprint density at radius 1 is 1.17 bits per heavy atom. The summed E-state index contributed by atoms with van der Waals surface area (Å²) in [4.78, 5) is 11.9. The van der Waals surface area contributed by atoms with Crippen LogP contribution in [0.1, 0.15) is 15.9 Å². The molecule has 0 unspecified atom stereocenters. The van der Waals surface area contributed by atoms with Gasteiger partial charge in [-0.1, -0.05) is 17.7 Å². The average molecular weight is 262 g/mol. The van der Waals surface area contributed by atoms with Crippen LogP contribution in [0.3, 0.4) is 0 Å². The fraction of sp³-hybridized carbons (Fsp3) is 0.0714. The molecule has 92 valence electrons. The molecule has 0 aromatic heterocycles. The second-order valence-corrected chi connectivity index (χ2v) is 4.39. The van der Waals surface area contributed by atoms with Gasteiger partial charge in [0.2, 0.25) is 0 Å². The molecule has 2 rings (SSSR count). The zero-order valence-corrected chi connectivity index (χ0v) is 10.5. The molecule has 2 aromatic carbocycles. The predicted octanol–water partition coefficient (Wildman–Crippen LogP) is 3.61. The first-order valence-corrected chi connectivity index (χ1v) is 5.80. The van der Waals surface area contributed by atoms with Crippen LogP contribution in [-0.4, -0.2) is 11.0 Å². The van der Waals surface area contributed by atoms with Crippen molar-refractivity contribution in [3.05, 3.63) is 58.6 Å². The topological polar surface area (TPSA) is 49.3 Å². The number of hydrogen-bond acceptors (Lipinski definition) is 2. The van der Waals surface area contributed by atoms with Gasteiger partial charge in [-0.2, -0.15) is 0 Å². The lowest BCUT2D eigenvalue weighted by molar-refractivity contribution is 0.102. The Bertz CT molecular complexity index is 579. The molecule has 0 saturated carbocycles. The molecule has 2 N–H and O–H groups in total. The number of aryl methyl sites for hydroxylation is 1. The third kappa shape index (κ3) is 2.81. The Balaban J connectivity index is 2.21. The minimum Gasteiger partial charge on any atom is -0.508 e. The van der Waals surface area contributed by atoms with E-state index in [1.807, 2.05) is 13.0 Å². The first kappa shape index (κ1) is 12.5. The summed E-state index contributed by atoms with van der Waals surface area (Å²) < 4.78 is 0. The van der Waals surface area contributed by atoms with Crippen molar-refractivity contribution in [2.75, 3.05) is 5.32 Å². The first-order chi connectivity index (χ1) is 8.56. The van der Waals surface area contributed by atoms with Crippen molar-refractivity contribution in [2.24, 2.45) is 0 Å². The number of nitrogens with one attached hydrogen (secondary N) is 1. The number of phenolic OH excluding ortho intramolecular Hbond substituents is 1. The van der Waals surface area contributed by atoms with Gasteiger partial charge in [-0.25, -0.2) is 0 Å². The summed E-state index contributed by atoms with van der Waals surface area (Å²) in [5.74, 6) is -0.136. The third-order valence-electron chi connectivity index (χ3n) is 2.50. The SMILES string of the molecule is Cc1ccc(Cl)c(NC(=O)c2ccc(O)cc2)c1. The van der Waals surface area contributed by atoms with Crippen LogP contribution < -0.4 is 5.32 Å². The van der Waals surface area contributed by atoms with Gasteiger partial charge in [0.15, 0.2) is 0 Å². The molecule has 0 aliphatic carbocycles. The Kier molecular flexibility index (Phi) is 3.53. The third-order valence-corrected chi connectivity index (χ3v) is 2.83. The molecule has 0 fully saturated rings. The van der Waals surface area contributed by atoms with Crippen molar-refractivity contribution in [1.29, 1.82) is 0 Å². The van der Waals surface area contributed by atoms with Crippen molar-refractivity contribution in [2.45, 2.75) is 6.92 Å². The lowest BCUT2D eigenvalue weighted by Gasteiger charge is -2.08. The first-order valence-electron chi connectivity index (χ1n) is 5.43. The van der Waals surface area contributed by atoms with Gasteiger partial charge in [-0.3, -0.25) is 4.79 Å². The maximum Gasteiger partial charge on any atom is 0.255 e. The van der Waals surface area contributed by atoms with Crippen LogP contribution in [0.5, 0.6) is 5.75 Å². The van der Waals surface area contributed by atoms with Crippen molar-refractivity contribution in [1.82, 2.24) is 0 Å². The molecule has 3 nitrogen and oxygen atoms in total. The zero-order valence-electron chi connectivity index (χ0n) is 9.77. The molecule has 1 amide bonds. The van der Waals surface area contributed by atoms with Crippen LogP contribution in [0, 0.1) is 6.92 Å². The molecule has 2 aromatic rings. The van der Waals surface area contributed by atoms with E-state index in [1.54, 1.807) is 24.3 Å². The summed E-state index contributed by atoms with van der Waals surface area (Å²) >= 11 is 6.00. The van der Waals surface area contributed by atoms with Crippen LogP contribution in [-0.2, 0) is 0 Å². The van der Waals surface area contributed by atoms with Crippen LogP contribution in [0.2, 0.25) is 5.02 Å². The predicted molar refractivity (Wildman–Crippen MR) is 72.2 cm³/mol. The highest BCUT2D eigenvalue weighted by Crippen LogP contribution is 2.23. The number of hydrogen-bond donors (Lipinski definition) is 2. The van der Waals surface area contributed by atoms with E-state index in [2.05, 4.69) is 5.32 Å². The zero-order chi connectivity index (χ0) is 13.1. The Labute approximate surface area is 110 Å². The van der Waals surface area contributed by atoms with Gasteiger partial charge in [0.05, 0.1) is 10.7 Å². The van der Waals surface area contributed by atoms with E-state index in [9.17, 15) is 4.79 Å².